The van der Waals surface area contributed by atoms with Gasteiger partial charge in [-0.15, -0.1) is 0 Å². The van der Waals surface area contributed by atoms with Crippen LogP contribution >= 0.6 is 0 Å². The molecule has 0 amide bonds. The lowest BCUT2D eigenvalue weighted by Gasteiger charge is -2.23. The summed E-state index contributed by atoms with van der Waals surface area (Å²) in [6, 6.07) is -1.00. The number of carboxylic acids is 1. The Balaban J connectivity index is 3.93. The molecule has 2 atom stereocenters. The normalized spacial score (nSPS) is 18.9. The summed E-state index contributed by atoms with van der Waals surface area (Å²) in [5.74, 6) is -1.10. The second-order valence-electron chi connectivity index (χ2n) is 2.96. The predicted molar refractivity (Wildman–Crippen MR) is 39.9 cm³/mol. The van der Waals surface area contributed by atoms with Crippen molar-refractivity contribution in [2.75, 3.05) is 6.61 Å². The molecule has 0 spiro atoms. The predicted octanol–water partition coefficient (Wildman–Crippen LogP) is -1.50. The van der Waals surface area contributed by atoms with Gasteiger partial charge >= 0.3 is 5.97 Å². The number of aliphatic hydroxyl groups excluding tert-OH is 1. The molecule has 0 unspecified atom stereocenters. The third-order valence-corrected chi connectivity index (χ3v) is 1.36. The van der Waals surface area contributed by atoms with Crippen LogP contribution in [0.4, 0.5) is 0 Å². The molecule has 0 radical (unpaired) electrons. The largest absolute Gasteiger partial charge is 0.480 e. The van der Waals surface area contributed by atoms with Gasteiger partial charge in [0.2, 0.25) is 0 Å². The molecule has 0 aromatic heterocycles. The molecular formula is C6H14N2O3. The zero-order valence-electron chi connectivity index (χ0n) is 6.45. The monoisotopic (exact) mass is 162 g/mol. The van der Waals surface area contributed by atoms with Crippen LogP contribution in [-0.4, -0.2) is 34.4 Å². The molecule has 0 rings (SSSR count). The van der Waals surface area contributed by atoms with Crippen LogP contribution in [0.5, 0.6) is 0 Å². The molecule has 5 nitrogen and oxygen atoms in total. The lowest BCUT2D eigenvalue weighted by Crippen LogP contribution is -2.47. The zero-order chi connectivity index (χ0) is 9.07. The Labute approximate surface area is 65.0 Å². The Bertz CT molecular complexity index is 147. The van der Waals surface area contributed by atoms with E-state index < -0.39 is 17.6 Å². The standard InChI is InChI=1S/C6H14N2O3/c1-6(8,3-9)2-4(7)5(10)11/h4,9H,2-3,7-8H2,1H3,(H,10,11)/t4-,6+/m0/s1. The molecule has 0 aliphatic heterocycles. The SMILES string of the molecule is C[C@](N)(CO)C[C@H](N)C(=O)O. The highest BCUT2D eigenvalue weighted by Crippen LogP contribution is 2.06. The summed E-state index contributed by atoms with van der Waals surface area (Å²) in [6.45, 7) is 1.28. The first-order valence-corrected chi connectivity index (χ1v) is 3.27. The summed E-state index contributed by atoms with van der Waals surface area (Å²) in [7, 11) is 0. The van der Waals surface area contributed by atoms with Gasteiger partial charge in [-0.2, -0.15) is 0 Å². The number of hydrogen-bond donors (Lipinski definition) is 4. The molecule has 0 aromatic rings. The van der Waals surface area contributed by atoms with Gasteiger partial charge in [-0.25, -0.2) is 0 Å². The van der Waals surface area contributed by atoms with Gasteiger partial charge in [0.1, 0.15) is 6.04 Å². The molecule has 0 aliphatic rings. The summed E-state index contributed by atoms with van der Waals surface area (Å²) >= 11 is 0. The van der Waals surface area contributed by atoms with Crippen LogP contribution in [0, 0.1) is 0 Å². The van der Waals surface area contributed by atoms with Crippen LogP contribution < -0.4 is 11.5 Å². The fourth-order valence-electron chi connectivity index (χ4n) is 0.654. The average Bonchev–Trinajstić information content (AvgIpc) is 1.87. The maximum absolute atomic E-state index is 10.2. The molecular weight excluding hydrogens is 148 g/mol. The van der Waals surface area contributed by atoms with Crippen LogP contribution in [0.15, 0.2) is 0 Å². The van der Waals surface area contributed by atoms with Crippen molar-refractivity contribution in [2.45, 2.75) is 24.9 Å². The molecule has 0 saturated carbocycles. The Hall–Kier alpha value is -0.650. The molecule has 0 heterocycles. The first-order valence-electron chi connectivity index (χ1n) is 3.27. The van der Waals surface area contributed by atoms with Crippen molar-refractivity contribution < 1.29 is 15.0 Å². The Kier molecular flexibility index (Phi) is 3.44. The number of rotatable bonds is 4. The van der Waals surface area contributed by atoms with Gasteiger partial charge in [0.05, 0.1) is 6.61 Å². The van der Waals surface area contributed by atoms with E-state index in [0.29, 0.717) is 0 Å². The Morgan fingerprint density at radius 3 is 2.45 bits per heavy atom. The highest BCUT2D eigenvalue weighted by molar-refractivity contribution is 5.73. The fraction of sp³-hybridized carbons (Fsp3) is 0.833. The number of carbonyl (C=O) groups is 1. The lowest BCUT2D eigenvalue weighted by atomic mass is 9.96. The van der Waals surface area contributed by atoms with E-state index in [1.54, 1.807) is 6.92 Å². The van der Waals surface area contributed by atoms with Crippen LogP contribution in [0.3, 0.4) is 0 Å². The van der Waals surface area contributed by atoms with E-state index in [2.05, 4.69) is 0 Å². The Morgan fingerprint density at radius 1 is 1.73 bits per heavy atom. The smallest absolute Gasteiger partial charge is 0.320 e. The van der Waals surface area contributed by atoms with E-state index in [1.165, 1.54) is 0 Å². The number of carboxylic acid groups (broad SMARTS) is 1. The summed E-state index contributed by atoms with van der Waals surface area (Å²) in [5, 5.41) is 17.0. The average molecular weight is 162 g/mol. The van der Waals surface area contributed by atoms with Crippen molar-refractivity contribution in [1.82, 2.24) is 0 Å². The molecule has 0 aliphatic carbocycles. The third-order valence-electron chi connectivity index (χ3n) is 1.36. The zero-order valence-corrected chi connectivity index (χ0v) is 6.45. The van der Waals surface area contributed by atoms with Gasteiger partial charge in [0.15, 0.2) is 0 Å². The van der Waals surface area contributed by atoms with Gasteiger partial charge in [0.25, 0.3) is 0 Å². The molecule has 66 valence electrons. The maximum atomic E-state index is 10.2. The van der Waals surface area contributed by atoms with Gasteiger partial charge in [-0.3, -0.25) is 4.79 Å². The molecule has 11 heavy (non-hydrogen) atoms. The number of aliphatic carboxylic acids is 1. The summed E-state index contributed by atoms with van der Waals surface area (Å²) in [6.07, 6.45) is 0.0683. The minimum absolute atomic E-state index is 0.0683. The van der Waals surface area contributed by atoms with E-state index in [-0.39, 0.29) is 13.0 Å². The minimum atomic E-state index is -1.10. The van der Waals surface area contributed by atoms with E-state index in [9.17, 15) is 4.79 Å². The second-order valence-corrected chi connectivity index (χ2v) is 2.96. The van der Waals surface area contributed by atoms with Gasteiger partial charge in [0, 0.05) is 5.54 Å². The second kappa shape index (κ2) is 3.66. The fourth-order valence-corrected chi connectivity index (χ4v) is 0.654. The van der Waals surface area contributed by atoms with Crippen molar-refractivity contribution in [3.05, 3.63) is 0 Å². The molecule has 0 fully saturated rings. The van der Waals surface area contributed by atoms with Crippen LogP contribution in [-0.2, 0) is 4.79 Å². The molecule has 6 N–H and O–H groups in total. The molecule has 0 aromatic carbocycles. The summed E-state index contributed by atoms with van der Waals surface area (Å²) < 4.78 is 0. The van der Waals surface area contributed by atoms with Crippen molar-refractivity contribution >= 4 is 5.97 Å². The van der Waals surface area contributed by atoms with Gasteiger partial charge in [-0.1, -0.05) is 0 Å². The van der Waals surface area contributed by atoms with Crippen molar-refractivity contribution in [2.24, 2.45) is 11.5 Å². The Morgan fingerprint density at radius 2 is 2.18 bits per heavy atom. The van der Waals surface area contributed by atoms with Gasteiger partial charge < -0.3 is 21.7 Å². The highest BCUT2D eigenvalue weighted by atomic mass is 16.4. The quantitative estimate of drug-likeness (QED) is 0.402. The summed E-state index contributed by atoms with van der Waals surface area (Å²) in [5.41, 5.74) is 9.74. The lowest BCUT2D eigenvalue weighted by molar-refractivity contribution is -0.139. The van der Waals surface area contributed by atoms with Crippen LogP contribution in [0.25, 0.3) is 0 Å². The number of hydrogen-bond acceptors (Lipinski definition) is 4. The maximum Gasteiger partial charge on any atom is 0.320 e. The van der Waals surface area contributed by atoms with Crippen LogP contribution in [0.2, 0.25) is 0 Å². The van der Waals surface area contributed by atoms with E-state index in [0.717, 1.165) is 0 Å². The van der Waals surface area contributed by atoms with E-state index in [4.69, 9.17) is 21.7 Å². The van der Waals surface area contributed by atoms with Crippen LogP contribution in [0.1, 0.15) is 13.3 Å². The first-order chi connectivity index (χ1) is 4.89. The van der Waals surface area contributed by atoms with Gasteiger partial charge in [-0.05, 0) is 13.3 Å². The highest BCUT2D eigenvalue weighted by Gasteiger charge is 2.24. The molecule has 0 bridgehead atoms. The van der Waals surface area contributed by atoms with E-state index >= 15 is 0 Å². The summed E-state index contributed by atoms with van der Waals surface area (Å²) in [4.78, 5) is 10.2. The topological polar surface area (TPSA) is 110 Å². The first kappa shape index (κ1) is 10.3. The molecule has 5 heteroatoms. The number of aliphatic hydroxyl groups is 1. The minimum Gasteiger partial charge on any atom is -0.480 e. The van der Waals surface area contributed by atoms with Crippen molar-refractivity contribution in [3.8, 4) is 0 Å². The molecule has 0 saturated heterocycles. The van der Waals surface area contributed by atoms with Crippen molar-refractivity contribution in [3.63, 3.8) is 0 Å². The van der Waals surface area contributed by atoms with Crippen molar-refractivity contribution in [1.29, 1.82) is 0 Å². The third kappa shape index (κ3) is 3.92. The van der Waals surface area contributed by atoms with E-state index in [1.807, 2.05) is 0 Å². The number of nitrogens with two attached hydrogens (primary N) is 2.